The summed E-state index contributed by atoms with van der Waals surface area (Å²) < 4.78 is 0. The van der Waals surface area contributed by atoms with Crippen LogP contribution in [0.15, 0.2) is 66.4 Å². The molecule has 2 aliphatic rings. The Morgan fingerprint density at radius 2 is 1.91 bits per heavy atom. The van der Waals surface area contributed by atoms with E-state index in [0.29, 0.717) is 44.9 Å². The summed E-state index contributed by atoms with van der Waals surface area (Å²) in [4.78, 5) is 41.8. The highest BCUT2D eigenvalue weighted by atomic mass is 35.5. The molecule has 2 aliphatic heterocycles. The number of hydrogen-bond donors (Lipinski definition) is 2. The maximum absolute atomic E-state index is 13.4. The van der Waals surface area contributed by atoms with E-state index < -0.39 is 6.04 Å². The van der Waals surface area contributed by atoms with Crippen molar-refractivity contribution in [3.8, 4) is 0 Å². The van der Waals surface area contributed by atoms with E-state index in [-0.39, 0.29) is 37.5 Å². The molecule has 0 saturated heterocycles. The third-order valence-corrected chi connectivity index (χ3v) is 6.68. The molecule has 2 heterocycles. The van der Waals surface area contributed by atoms with Crippen LogP contribution in [0.3, 0.4) is 0 Å². The van der Waals surface area contributed by atoms with Gasteiger partial charge in [0.05, 0.1) is 23.9 Å². The molecule has 0 aliphatic carbocycles. The van der Waals surface area contributed by atoms with Crippen molar-refractivity contribution >= 4 is 52.6 Å². The Balaban J connectivity index is 1.46. The van der Waals surface area contributed by atoms with Crippen molar-refractivity contribution in [2.75, 3.05) is 26.2 Å². The number of hydrogen-bond acceptors (Lipinski definition) is 3. The van der Waals surface area contributed by atoms with Gasteiger partial charge in [-0.3, -0.25) is 14.5 Å². The number of halogens is 3. The minimum Gasteiger partial charge on any atom is -0.354 e. The summed E-state index contributed by atoms with van der Waals surface area (Å²) in [5, 5.41) is 7.28. The topological polar surface area (TPSA) is 81.8 Å². The first-order chi connectivity index (χ1) is 16.8. The van der Waals surface area contributed by atoms with E-state index in [1.165, 1.54) is 9.80 Å². The van der Waals surface area contributed by atoms with Gasteiger partial charge in [0, 0.05) is 28.2 Å². The van der Waals surface area contributed by atoms with E-state index in [1.807, 2.05) is 6.07 Å². The highest BCUT2D eigenvalue weighted by Crippen LogP contribution is 2.36. The van der Waals surface area contributed by atoms with Crippen LogP contribution in [-0.4, -0.2) is 53.8 Å². The molecular formula is C25H23Cl3N4O3. The van der Waals surface area contributed by atoms with Gasteiger partial charge in [-0.05, 0) is 41.8 Å². The zero-order valence-electron chi connectivity index (χ0n) is 18.7. The Kier molecular flexibility index (Phi) is 7.69. The number of benzene rings is 2. The second kappa shape index (κ2) is 10.7. The maximum Gasteiger partial charge on any atom is 0.322 e. The van der Waals surface area contributed by atoms with Gasteiger partial charge in [-0.1, -0.05) is 59.1 Å². The quantitative estimate of drug-likeness (QED) is 0.495. The fourth-order valence-electron chi connectivity index (χ4n) is 4.22. The Labute approximate surface area is 218 Å². The van der Waals surface area contributed by atoms with Crippen LogP contribution in [0, 0.1) is 0 Å². The highest BCUT2D eigenvalue weighted by Gasteiger charge is 2.44. The van der Waals surface area contributed by atoms with Gasteiger partial charge in [-0.25, -0.2) is 4.79 Å². The number of nitrogens with one attached hydrogen (secondary N) is 2. The molecule has 2 N–H and O–H groups in total. The van der Waals surface area contributed by atoms with Crippen LogP contribution in [0.5, 0.6) is 0 Å². The SMILES string of the molecule is C=CCN1C(=O)N[C@@H](c2cccc(Cl)c2)C2=C1CN(CC(=O)NCCc1ccc(Cl)cc1Cl)C2=O. The number of urea groups is 1. The lowest BCUT2D eigenvalue weighted by atomic mass is 9.95. The number of rotatable bonds is 8. The summed E-state index contributed by atoms with van der Waals surface area (Å²) in [6.45, 7) is 4.30. The fraction of sp³-hybridized carbons (Fsp3) is 0.240. The lowest BCUT2D eigenvalue weighted by Crippen LogP contribution is -2.47. The van der Waals surface area contributed by atoms with Crippen LogP contribution in [-0.2, 0) is 16.0 Å². The monoisotopic (exact) mass is 532 g/mol. The molecule has 0 aromatic heterocycles. The number of carbonyl (C=O) groups is 3. The van der Waals surface area contributed by atoms with Crippen molar-refractivity contribution in [1.29, 1.82) is 0 Å². The molecule has 0 unspecified atom stereocenters. The molecule has 0 fully saturated rings. The van der Waals surface area contributed by atoms with Crippen LogP contribution in [0.1, 0.15) is 17.2 Å². The average Bonchev–Trinajstić information content (AvgIpc) is 3.12. The first-order valence-electron chi connectivity index (χ1n) is 11.0. The standard InChI is InChI=1S/C25H23Cl3N4O3/c1-2-10-32-20-13-31(14-21(33)29-9-8-15-6-7-18(27)12-19(15)28)24(34)22(20)23(30-25(32)35)16-4-3-5-17(26)11-16/h2-7,11-12,23H,1,8-10,13-14H2,(H,29,33)(H,30,35)/t23-/m0/s1. The van der Waals surface area contributed by atoms with Crippen molar-refractivity contribution in [3.63, 3.8) is 0 Å². The molecule has 0 spiro atoms. The molecular weight excluding hydrogens is 511 g/mol. The van der Waals surface area contributed by atoms with Gasteiger partial charge < -0.3 is 15.5 Å². The summed E-state index contributed by atoms with van der Waals surface area (Å²) in [5.74, 6) is -0.618. The highest BCUT2D eigenvalue weighted by molar-refractivity contribution is 6.35. The molecule has 2 aromatic rings. The Morgan fingerprint density at radius 3 is 2.63 bits per heavy atom. The summed E-state index contributed by atoms with van der Waals surface area (Å²) in [6.07, 6.45) is 2.11. The van der Waals surface area contributed by atoms with Crippen molar-refractivity contribution in [1.82, 2.24) is 20.4 Å². The van der Waals surface area contributed by atoms with Gasteiger partial charge in [-0.2, -0.15) is 0 Å². The molecule has 4 amide bonds. The third kappa shape index (κ3) is 5.48. The molecule has 4 rings (SSSR count). The molecule has 0 radical (unpaired) electrons. The zero-order valence-corrected chi connectivity index (χ0v) is 21.0. The van der Waals surface area contributed by atoms with E-state index in [2.05, 4.69) is 17.2 Å². The Bertz CT molecular complexity index is 1230. The lowest BCUT2D eigenvalue weighted by Gasteiger charge is -2.33. The smallest absolute Gasteiger partial charge is 0.322 e. The molecule has 2 aromatic carbocycles. The molecule has 10 heteroatoms. The van der Waals surface area contributed by atoms with Crippen LogP contribution < -0.4 is 10.6 Å². The molecule has 35 heavy (non-hydrogen) atoms. The van der Waals surface area contributed by atoms with Gasteiger partial charge in [0.1, 0.15) is 6.54 Å². The second-order valence-electron chi connectivity index (χ2n) is 8.19. The van der Waals surface area contributed by atoms with Crippen LogP contribution in [0.4, 0.5) is 4.79 Å². The number of carbonyl (C=O) groups excluding carboxylic acids is 3. The van der Waals surface area contributed by atoms with Crippen LogP contribution in [0.2, 0.25) is 15.1 Å². The van der Waals surface area contributed by atoms with E-state index >= 15 is 0 Å². The number of nitrogens with zero attached hydrogens (tertiary/aromatic N) is 2. The third-order valence-electron chi connectivity index (χ3n) is 5.86. The number of amides is 4. The first-order valence-corrected chi connectivity index (χ1v) is 12.1. The summed E-state index contributed by atoms with van der Waals surface area (Å²) >= 11 is 18.3. The van der Waals surface area contributed by atoms with Crippen LogP contribution >= 0.6 is 34.8 Å². The van der Waals surface area contributed by atoms with Crippen molar-refractivity contribution in [2.45, 2.75) is 12.5 Å². The van der Waals surface area contributed by atoms with E-state index in [4.69, 9.17) is 34.8 Å². The van der Waals surface area contributed by atoms with E-state index in [0.717, 1.165) is 5.56 Å². The average molecular weight is 534 g/mol. The Morgan fingerprint density at radius 1 is 1.14 bits per heavy atom. The molecule has 182 valence electrons. The minimum atomic E-state index is -0.662. The fourth-order valence-corrected chi connectivity index (χ4v) is 4.93. The Hall–Kier alpha value is -3.00. The van der Waals surface area contributed by atoms with Crippen LogP contribution in [0.25, 0.3) is 0 Å². The largest absolute Gasteiger partial charge is 0.354 e. The second-order valence-corrected chi connectivity index (χ2v) is 9.47. The summed E-state index contributed by atoms with van der Waals surface area (Å²) in [5.41, 5.74) is 2.54. The molecule has 1 atom stereocenters. The van der Waals surface area contributed by atoms with Gasteiger partial charge >= 0.3 is 6.03 Å². The molecule has 7 nitrogen and oxygen atoms in total. The molecule has 0 bridgehead atoms. The van der Waals surface area contributed by atoms with Crippen molar-refractivity contribution in [3.05, 3.63) is 92.6 Å². The summed E-state index contributed by atoms with van der Waals surface area (Å²) in [7, 11) is 0. The van der Waals surface area contributed by atoms with Gasteiger partial charge in [0.15, 0.2) is 0 Å². The zero-order chi connectivity index (χ0) is 25.1. The van der Waals surface area contributed by atoms with Gasteiger partial charge in [0.25, 0.3) is 5.91 Å². The minimum absolute atomic E-state index is 0.140. The predicted molar refractivity (Wildman–Crippen MR) is 136 cm³/mol. The van der Waals surface area contributed by atoms with Gasteiger partial charge in [-0.15, -0.1) is 6.58 Å². The van der Waals surface area contributed by atoms with Crippen molar-refractivity contribution in [2.24, 2.45) is 0 Å². The van der Waals surface area contributed by atoms with Crippen molar-refractivity contribution < 1.29 is 14.4 Å². The predicted octanol–water partition coefficient (Wildman–Crippen LogP) is 4.35. The normalized spacial score (nSPS) is 17.4. The van der Waals surface area contributed by atoms with E-state index in [9.17, 15) is 14.4 Å². The van der Waals surface area contributed by atoms with Gasteiger partial charge in [0.2, 0.25) is 5.91 Å². The maximum atomic E-state index is 13.4. The first kappa shape index (κ1) is 25.1. The summed E-state index contributed by atoms with van der Waals surface area (Å²) in [6, 6.07) is 11.2. The lowest BCUT2D eigenvalue weighted by molar-refractivity contribution is -0.131. The molecule has 0 saturated carbocycles. The van der Waals surface area contributed by atoms with E-state index in [1.54, 1.807) is 42.5 Å².